The predicted octanol–water partition coefficient (Wildman–Crippen LogP) is 3.74. The number of fused-ring (bicyclic) bond motifs is 1. The van der Waals surface area contributed by atoms with Gasteiger partial charge in [0.2, 0.25) is 4.96 Å². The number of hydrogen-bond donors (Lipinski definition) is 0. The summed E-state index contributed by atoms with van der Waals surface area (Å²) in [5.41, 5.74) is 1.64. The number of thiazole rings is 1. The van der Waals surface area contributed by atoms with E-state index in [4.69, 9.17) is 11.6 Å². The summed E-state index contributed by atoms with van der Waals surface area (Å²) >= 11 is 9.07. The van der Waals surface area contributed by atoms with Gasteiger partial charge >= 0.3 is 0 Å². The predicted molar refractivity (Wildman–Crippen MR) is 105 cm³/mol. The fraction of sp³-hybridized carbons (Fsp3) is 0.0556. The molecule has 0 aliphatic heterocycles. The summed E-state index contributed by atoms with van der Waals surface area (Å²) in [6, 6.07) is 15.3. The summed E-state index contributed by atoms with van der Waals surface area (Å²) in [7, 11) is 0. The van der Waals surface area contributed by atoms with Crippen LogP contribution in [-0.2, 0) is 0 Å². The van der Waals surface area contributed by atoms with Gasteiger partial charge < -0.3 is 0 Å². The van der Waals surface area contributed by atoms with Gasteiger partial charge in [-0.15, -0.1) is 22.0 Å². The number of nitrogens with zero attached hydrogens (tertiary/aromatic N) is 3. The van der Waals surface area contributed by atoms with E-state index in [2.05, 4.69) is 10.2 Å². The van der Waals surface area contributed by atoms with Crippen molar-refractivity contribution in [3.63, 3.8) is 0 Å². The van der Waals surface area contributed by atoms with Crippen LogP contribution in [0.15, 0.2) is 58.2 Å². The molecule has 0 saturated carbocycles. The first-order valence-electron chi connectivity index (χ1n) is 7.45. The Morgan fingerprint density at radius 2 is 1.96 bits per heavy atom. The van der Waals surface area contributed by atoms with Crippen molar-refractivity contribution in [3.05, 3.63) is 74.0 Å². The second kappa shape index (κ2) is 6.63. The Morgan fingerprint density at radius 3 is 2.68 bits per heavy atom. The summed E-state index contributed by atoms with van der Waals surface area (Å²) in [5.74, 6) is 0.510. The molecule has 4 rings (SSSR count). The monoisotopic (exact) mass is 385 g/mol. The molecule has 0 aliphatic rings. The maximum Gasteiger partial charge on any atom is 0.276 e. The van der Waals surface area contributed by atoms with E-state index in [1.807, 2.05) is 48.7 Å². The van der Waals surface area contributed by atoms with E-state index in [0.29, 0.717) is 20.3 Å². The van der Waals surface area contributed by atoms with E-state index < -0.39 is 0 Å². The maximum atomic E-state index is 12.8. The molecule has 0 aliphatic carbocycles. The number of aromatic nitrogens is 3. The molecule has 0 spiro atoms. The lowest BCUT2D eigenvalue weighted by molar-refractivity contribution is 1.09. The van der Waals surface area contributed by atoms with Crippen LogP contribution in [0.4, 0.5) is 0 Å². The van der Waals surface area contributed by atoms with Crippen LogP contribution in [0.3, 0.4) is 0 Å². The van der Waals surface area contributed by atoms with Crippen LogP contribution >= 0.6 is 34.7 Å². The fourth-order valence-corrected chi connectivity index (χ4v) is 4.04. The van der Waals surface area contributed by atoms with Crippen LogP contribution in [0.2, 0.25) is 5.02 Å². The summed E-state index contributed by atoms with van der Waals surface area (Å²) in [6.07, 6.45) is 3.92. The van der Waals surface area contributed by atoms with Gasteiger partial charge in [0, 0.05) is 15.5 Å². The van der Waals surface area contributed by atoms with E-state index in [9.17, 15) is 4.79 Å². The van der Waals surface area contributed by atoms with Crippen molar-refractivity contribution in [2.24, 2.45) is 0 Å². The quantitative estimate of drug-likeness (QED) is 0.504. The Kier molecular flexibility index (Phi) is 4.33. The van der Waals surface area contributed by atoms with Crippen molar-refractivity contribution in [1.29, 1.82) is 0 Å². The average molecular weight is 386 g/mol. The molecule has 7 heteroatoms. The molecule has 0 saturated heterocycles. The van der Waals surface area contributed by atoms with Crippen molar-refractivity contribution < 1.29 is 0 Å². The molecule has 0 atom stereocenters. The molecule has 4 aromatic rings. The van der Waals surface area contributed by atoms with Crippen molar-refractivity contribution >= 4 is 45.7 Å². The highest BCUT2D eigenvalue weighted by Crippen LogP contribution is 2.21. The summed E-state index contributed by atoms with van der Waals surface area (Å²) in [5, 5.41) is 8.88. The van der Waals surface area contributed by atoms with Crippen molar-refractivity contribution in [3.8, 4) is 11.4 Å². The van der Waals surface area contributed by atoms with E-state index in [0.717, 1.165) is 11.1 Å². The SMILES string of the molecule is CSc1ccc(C=c2sc3nnc(-c4cccc(Cl)c4)n3c2=O)cc1. The van der Waals surface area contributed by atoms with Gasteiger partial charge in [0.15, 0.2) is 5.82 Å². The van der Waals surface area contributed by atoms with Crippen molar-refractivity contribution in [2.45, 2.75) is 4.90 Å². The first kappa shape index (κ1) is 16.3. The van der Waals surface area contributed by atoms with Crippen molar-refractivity contribution in [2.75, 3.05) is 6.26 Å². The van der Waals surface area contributed by atoms with Crippen LogP contribution in [0.25, 0.3) is 22.4 Å². The third-order valence-electron chi connectivity index (χ3n) is 3.74. The van der Waals surface area contributed by atoms with Crippen LogP contribution in [0.1, 0.15) is 5.56 Å². The van der Waals surface area contributed by atoms with Gasteiger partial charge in [0.25, 0.3) is 5.56 Å². The smallest absolute Gasteiger partial charge is 0.267 e. The normalized spacial score (nSPS) is 12.2. The highest BCUT2D eigenvalue weighted by molar-refractivity contribution is 7.98. The summed E-state index contributed by atoms with van der Waals surface area (Å²) in [4.78, 5) is 14.6. The molecule has 4 nitrogen and oxygen atoms in total. The lowest BCUT2D eigenvalue weighted by atomic mass is 10.2. The van der Waals surface area contributed by atoms with E-state index in [1.165, 1.54) is 16.2 Å². The lowest BCUT2D eigenvalue weighted by Gasteiger charge is -1.97. The molecule has 25 heavy (non-hydrogen) atoms. The van der Waals surface area contributed by atoms with E-state index in [-0.39, 0.29) is 5.56 Å². The van der Waals surface area contributed by atoms with Crippen LogP contribution in [0, 0.1) is 0 Å². The molecule has 0 fully saturated rings. The molecular weight excluding hydrogens is 374 g/mol. The highest BCUT2D eigenvalue weighted by atomic mass is 35.5. The Labute approximate surface area is 156 Å². The van der Waals surface area contributed by atoms with E-state index >= 15 is 0 Å². The van der Waals surface area contributed by atoms with Gasteiger partial charge in [0.05, 0.1) is 4.53 Å². The number of halogens is 1. The van der Waals surface area contributed by atoms with Gasteiger partial charge in [-0.25, -0.2) is 4.40 Å². The number of benzene rings is 2. The zero-order chi connectivity index (χ0) is 17.4. The third kappa shape index (κ3) is 3.08. The first-order valence-corrected chi connectivity index (χ1v) is 9.87. The molecule has 2 heterocycles. The van der Waals surface area contributed by atoms with Crippen LogP contribution in [0.5, 0.6) is 0 Å². The van der Waals surface area contributed by atoms with Gasteiger partial charge in [-0.1, -0.05) is 47.2 Å². The largest absolute Gasteiger partial charge is 0.276 e. The fourth-order valence-electron chi connectivity index (χ4n) is 2.53. The first-order chi connectivity index (χ1) is 12.2. The van der Waals surface area contributed by atoms with Gasteiger partial charge in [-0.3, -0.25) is 4.79 Å². The summed E-state index contributed by atoms with van der Waals surface area (Å²) < 4.78 is 2.17. The number of thioether (sulfide) groups is 1. The second-order valence-corrected chi connectivity index (χ2v) is 7.67. The minimum absolute atomic E-state index is 0.117. The van der Waals surface area contributed by atoms with Gasteiger partial charge in [0.1, 0.15) is 0 Å². The minimum atomic E-state index is -0.117. The number of rotatable bonds is 3. The molecule has 0 radical (unpaired) electrons. The zero-order valence-corrected chi connectivity index (χ0v) is 15.5. The molecule has 2 aromatic heterocycles. The molecule has 124 valence electrons. The maximum absolute atomic E-state index is 12.8. The van der Waals surface area contributed by atoms with E-state index in [1.54, 1.807) is 28.3 Å². The molecule has 2 aromatic carbocycles. The van der Waals surface area contributed by atoms with Crippen LogP contribution in [-0.4, -0.2) is 20.9 Å². The highest BCUT2D eigenvalue weighted by Gasteiger charge is 2.14. The molecule has 0 amide bonds. The average Bonchev–Trinajstić information content (AvgIpc) is 3.17. The molecule has 0 bridgehead atoms. The Balaban J connectivity index is 1.86. The molecular formula is C18H12ClN3OS2. The zero-order valence-electron chi connectivity index (χ0n) is 13.1. The standard InChI is InChI=1S/C18H12ClN3OS2/c1-24-14-7-5-11(6-8-14)9-15-17(23)22-16(20-21-18(22)25-15)12-3-2-4-13(19)10-12/h2-10H,1H3. The van der Waals surface area contributed by atoms with Gasteiger partial charge in [-0.05, 0) is 42.2 Å². The summed E-state index contributed by atoms with van der Waals surface area (Å²) in [6.45, 7) is 0. The van der Waals surface area contributed by atoms with Crippen molar-refractivity contribution in [1.82, 2.24) is 14.6 Å². The molecule has 0 N–H and O–H groups in total. The Morgan fingerprint density at radius 1 is 1.16 bits per heavy atom. The topological polar surface area (TPSA) is 47.3 Å². The Hall–Kier alpha value is -2.15. The van der Waals surface area contributed by atoms with Crippen LogP contribution < -0.4 is 10.1 Å². The molecule has 0 unspecified atom stereocenters. The second-order valence-electron chi connectivity index (χ2n) is 5.34. The van der Waals surface area contributed by atoms with Gasteiger partial charge in [-0.2, -0.15) is 0 Å². The lowest BCUT2D eigenvalue weighted by Crippen LogP contribution is -2.23. The number of hydrogen-bond acceptors (Lipinski definition) is 5. The minimum Gasteiger partial charge on any atom is -0.267 e. The third-order valence-corrected chi connectivity index (χ3v) is 5.68. The Bertz CT molecular complexity index is 1170.